The van der Waals surface area contributed by atoms with Crippen molar-refractivity contribution >= 4 is 16.7 Å². The van der Waals surface area contributed by atoms with Crippen LogP contribution in [0.4, 0.5) is 0 Å². The highest BCUT2D eigenvalue weighted by molar-refractivity contribution is 5.92. The Morgan fingerprint density at radius 2 is 1.90 bits per heavy atom. The summed E-state index contributed by atoms with van der Waals surface area (Å²) in [5.41, 5.74) is 1.74. The average molecular weight is 406 g/mol. The van der Waals surface area contributed by atoms with Crippen molar-refractivity contribution in [2.75, 3.05) is 20.3 Å². The van der Waals surface area contributed by atoms with E-state index in [0.29, 0.717) is 6.54 Å². The molecule has 4 rings (SSSR count). The lowest BCUT2D eigenvalue weighted by Crippen LogP contribution is -2.35. The van der Waals surface area contributed by atoms with Crippen molar-refractivity contribution in [2.24, 2.45) is 7.05 Å². The maximum Gasteiger partial charge on any atom is 0.261 e. The number of hydrogen-bond acceptors (Lipinski definition) is 4. The molecule has 1 saturated heterocycles. The summed E-state index contributed by atoms with van der Waals surface area (Å²) in [6, 6.07) is 13.6. The number of nitrogens with zero attached hydrogens (tertiary/aromatic N) is 2. The zero-order valence-electron chi connectivity index (χ0n) is 17.6. The first kappa shape index (κ1) is 20.0. The molecule has 3 aromatic rings. The summed E-state index contributed by atoms with van der Waals surface area (Å²) in [7, 11) is 3.51. The predicted octanol–water partition coefficient (Wildman–Crippen LogP) is 3.60. The molecule has 0 bridgehead atoms. The Morgan fingerprint density at radius 1 is 1.13 bits per heavy atom. The van der Waals surface area contributed by atoms with Crippen LogP contribution in [0.3, 0.4) is 0 Å². The van der Waals surface area contributed by atoms with E-state index < -0.39 is 0 Å². The van der Waals surface area contributed by atoms with Gasteiger partial charge < -0.3 is 18.9 Å². The SMILES string of the molecule is COc1ccc([C@@H]2CCCN2C(=O)COc2cn(C)c(C)cc2=O)c2ccccc12. The first-order valence-electron chi connectivity index (χ1n) is 10.1. The molecule has 0 N–H and O–H groups in total. The zero-order valence-corrected chi connectivity index (χ0v) is 17.6. The highest BCUT2D eigenvalue weighted by atomic mass is 16.5. The Bertz CT molecular complexity index is 1150. The molecule has 1 fully saturated rings. The number of carbonyl (C=O) groups excluding carboxylic acids is 1. The Labute approximate surface area is 175 Å². The van der Waals surface area contributed by atoms with Crippen LogP contribution in [0, 0.1) is 6.92 Å². The summed E-state index contributed by atoms with van der Waals surface area (Å²) < 4.78 is 12.9. The fraction of sp³-hybridized carbons (Fsp3) is 0.333. The van der Waals surface area contributed by atoms with Gasteiger partial charge in [0.05, 0.1) is 13.2 Å². The third kappa shape index (κ3) is 3.65. The van der Waals surface area contributed by atoms with E-state index in [1.807, 2.05) is 53.8 Å². The molecule has 1 aliphatic heterocycles. The summed E-state index contributed by atoms with van der Waals surface area (Å²) in [6.07, 6.45) is 3.46. The highest BCUT2D eigenvalue weighted by Crippen LogP contribution is 2.38. The molecule has 2 heterocycles. The van der Waals surface area contributed by atoms with Gasteiger partial charge in [0, 0.05) is 36.9 Å². The molecule has 0 spiro atoms. The van der Waals surface area contributed by atoms with Crippen molar-refractivity contribution in [1.82, 2.24) is 9.47 Å². The topological polar surface area (TPSA) is 60.8 Å². The molecule has 0 aliphatic carbocycles. The second-order valence-electron chi connectivity index (χ2n) is 7.69. The number of aryl methyl sites for hydroxylation is 2. The summed E-state index contributed by atoms with van der Waals surface area (Å²) in [6.45, 7) is 2.38. The predicted molar refractivity (Wildman–Crippen MR) is 116 cm³/mol. The van der Waals surface area contributed by atoms with E-state index in [-0.39, 0.29) is 29.7 Å². The van der Waals surface area contributed by atoms with Gasteiger partial charge in [-0.15, -0.1) is 0 Å². The van der Waals surface area contributed by atoms with Gasteiger partial charge in [0.15, 0.2) is 12.4 Å². The van der Waals surface area contributed by atoms with Crippen LogP contribution in [0.2, 0.25) is 0 Å². The quantitative estimate of drug-likeness (QED) is 0.650. The minimum atomic E-state index is -0.211. The zero-order chi connectivity index (χ0) is 21.3. The van der Waals surface area contributed by atoms with Crippen LogP contribution < -0.4 is 14.9 Å². The number of pyridine rings is 1. The van der Waals surface area contributed by atoms with E-state index in [2.05, 4.69) is 6.07 Å². The fourth-order valence-corrected chi connectivity index (χ4v) is 4.19. The minimum absolute atomic E-state index is 0.0160. The fourth-order valence-electron chi connectivity index (χ4n) is 4.19. The van der Waals surface area contributed by atoms with E-state index >= 15 is 0 Å². The van der Waals surface area contributed by atoms with Crippen molar-refractivity contribution in [1.29, 1.82) is 0 Å². The van der Waals surface area contributed by atoms with Crippen molar-refractivity contribution in [3.8, 4) is 11.5 Å². The van der Waals surface area contributed by atoms with E-state index in [0.717, 1.165) is 40.6 Å². The Kier molecular flexibility index (Phi) is 5.48. The number of fused-ring (bicyclic) bond motifs is 1. The summed E-state index contributed by atoms with van der Waals surface area (Å²) in [4.78, 5) is 27.0. The molecular formula is C24H26N2O4. The molecule has 1 amide bonds. The van der Waals surface area contributed by atoms with Crippen LogP contribution in [0.15, 0.2) is 53.5 Å². The Morgan fingerprint density at radius 3 is 2.67 bits per heavy atom. The third-order valence-corrected chi connectivity index (χ3v) is 5.87. The van der Waals surface area contributed by atoms with E-state index in [1.54, 1.807) is 13.3 Å². The van der Waals surface area contributed by atoms with Crippen LogP contribution in [0.5, 0.6) is 11.5 Å². The highest BCUT2D eigenvalue weighted by Gasteiger charge is 2.31. The van der Waals surface area contributed by atoms with Crippen LogP contribution in [0.1, 0.15) is 30.1 Å². The van der Waals surface area contributed by atoms with Gasteiger partial charge in [-0.05, 0) is 36.8 Å². The second kappa shape index (κ2) is 8.22. The van der Waals surface area contributed by atoms with Crippen LogP contribution in [-0.2, 0) is 11.8 Å². The van der Waals surface area contributed by atoms with Crippen molar-refractivity contribution < 1.29 is 14.3 Å². The number of amides is 1. The van der Waals surface area contributed by atoms with Crippen molar-refractivity contribution in [3.63, 3.8) is 0 Å². The Balaban J connectivity index is 1.57. The van der Waals surface area contributed by atoms with Gasteiger partial charge >= 0.3 is 0 Å². The number of likely N-dealkylation sites (tertiary alicyclic amines) is 1. The molecule has 0 radical (unpaired) electrons. The van der Waals surface area contributed by atoms with Gasteiger partial charge in [0.1, 0.15) is 5.75 Å². The van der Waals surface area contributed by atoms with Gasteiger partial charge in [0.25, 0.3) is 5.91 Å². The molecule has 1 aliphatic rings. The summed E-state index contributed by atoms with van der Waals surface area (Å²) in [5.74, 6) is 0.908. The molecular weight excluding hydrogens is 380 g/mol. The molecule has 6 heteroatoms. The summed E-state index contributed by atoms with van der Waals surface area (Å²) in [5, 5.41) is 2.13. The number of rotatable bonds is 5. The number of methoxy groups -OCH3 is 1. The summed E-state index contributed by atoms with van der Waals surface area (Å²) >= 11 is 0. The average Bonchev–Trinajstić information content (AvgIpc) is 3.24. The maximum absolute atomic E-state index is 13.0. The molecule has 0 unspecified atom stereocenters. The van der Waals surface area contributed by atoms with Gasteiger partial charge in [-0.1, -0.05) is 30.3 Å². The molecule has 1 aromatic heterocycles. The lowest BCUT2D eigenvalue weighted by atomic mass is 9.96. The van der Waals surface area contributed by atoms with E-state index in [1.165, 1.54) is 6.07 Å². The Hall–Kier alpha value is -3.28. The largest absolute Gasteiger partial charge is 0.496 e. The third-order valence-electron chi connectivity index (χ3n) is 5.87. The minimum Gasteiger partial charge on any atom is -0.496 e. The van der Waals surface area contributed by atoms with Crippen LogP contribution in [0.25, 0.3) is 10.8 Å². The first-order chi connectivity index (χ1) is 14.5. The monoisotopic (exact) mass is 406 g/mol. The number of ether oxygens (including phenoxy) is 2. The van der Waals surface area contributed by atoms with Crippen molar-refractivity contribution in [3.05, 3.63) is 70.1 Å². The maximum atomic E-state index is 13.0. The second-order valence-corrected chi connectivity index (χ2v) is 7.69. The first-order valence-corrected chi connectivity index (χ1v) is 10.1. The molecule has 2 aromatic carbocycles. The molecule has 30 heavy (non-hydrogen) atoms. The number of hydrogen-bond donors (Lipinski definition) is 0. The smallest absolute Gasteiger partial charge is 0.261 e. The van der Waals surface area contributed by atoms with E-state index in [4.69, 9.17) is 9.47 Å². The normalized spacial score (nSPS) is 16.1. The lowest BCUT2D eigenvalue weighted by molar-refractivity contribution is -0.134. The molecule has 0 saturated carbocycles. The lowest BCUT2D eigenvalue weighted by Gasteiger charge is -2.26. The van der Waals surface area contributed by atoms with Gasteiger partial charge in [0.2, 0.25) is 5.43 Å². The molecule has 6 nitrogen and oxygen atoms in total. The molecule has 1 atom stereocenters. The molecule has 156 valence electrons. The standard InChI is InChI=1S/C24H26N2O4/c1-16-13-21(27)23(14-25(16)2)30-15-24(28)26-12-6-9-20(26)18-10-11-22(29-3)19-8-5-4-7-17(18)19/h4-5,7-8,10-11,13-14,20H,6,9,12,15H2,1-3H3/t20-/m0/s1. The van der Waals surface area contributed by atoms with Crippen LogP contribution in [-0.4, -0.2) is 35.6 Å². The van der Waals surface area contributed by atoms with Crippen molar-refractivity contribution in [2.45, 2.75) is 25.8 Å². The number of carbonyl (C=O) groups is 1. The van der Waals surface area contributed by atoms with Gasteiger partial charge in [-0.3, -0.25) is 9.59 Å². The van der Waals surface area contributed by atoms with Gasteiger partial charge in [-0.25, -0.2) is 0 Å². The number of benzene rings is 2. The number of aromatic nitrogens is 1. The van der Waals surface area contributed by atoms with Gasteiger partial charge in [-0.2, -0.15) is 0 Å². The van der Waals surface area contributed by atoms with E-state index in [9.17, 15) is 9.59 Å². The van der Waals surface area contributed by atoms with Crippen LogP contribution >= 0.6 is 0 Å².